The largest absolute Gasteiger partial charge is 0.467 e. The minimum absolute atomic E-state index is 0.110. The summed E-state index contributed by atoms with van der Waals surface area (Å²) in [6.45, 7) is 3.10. The van der Waals surface area contributed by atoms with Crippen molar-refractivity contribution in [3.63, 3.8) is 0 Å². The van der Waals surface area contributed by atoms with E-state index < -0.39 is 5.91 Å². The van der Waals surface area contributed by atoms with Gasteiger partial charge < -0.3 is 20.0 Å². The van der Waals surface area contributed by atoms with Crippen molar-refractivity contribution in [1.82, 2.24) is 20.4 Å². The van der Waals surface area contributed by atoms with Crippen molar-refractivity contribution in [3.8, 4) is 0 Å². The summed E-state index contributed by atoms with van der Waals surface area (Å²) in [4.78, 5) is 39.4. The van der Waals surface area contributed by atoms with Crippen LogP contribution in [0.3, 0.4) is 0 Å². The fourth-order valence-corrected chi connectivity index (χ4v) is 4.17. The maximum absolute atomic E-state index is 12.9. The van der Waals surface area contributed by atoms with E-state index in [1.165, 1.54) is 0 Å². The van der Waals surface area contributed by atoms with Crippen LogP contribution in [-0.4, -0.2) is 45.9 Å². The van der Waals surface area contributed by atoms with E-state index in [0.717, 1.165) is 16.9 Å². The first-order valence-electron chi connectivity index (χ1n) is 10.3. The quantitative estimate of drug-likeness (QED) is 0.593. The Morgan fingerprint density at radius 1 is 1.16 bits per heavy atom. The zero-order valence-electron chi connectivity index (χ0n) is 17.5. The van der Waals surface area contributed by atoms with Gasteiger partial charge in [-0.3, -0.25) is 14.4 Å². The van der Waals surface area contributed by atoms with E-state index in [9.17, 15) is 14.4 Å². The number of carbonyl (C=O) groups is 3. The van der Waals surface area contributed by atoms with Crippen LogP contribution in [0.5, 0.6) is 0 Å². The van der Waals surface area contributed by atoms with E-state index in [0.29, 0.717) is 43.9 Å². The van der Waals surface area contributed by atoms with Crippen molar-refractivity contribution in [3.05, 3.63) is 64.0 Å². The normalized spacial score (nSPS) is 15.9. The molecule has 166 valence electrons. The van der Waals surface area contributed by atoms with E-state index in [-0.39, 0.29) is 27.7 Å². The molecule has 1 fully saturated rings. The van der Waals surface area contributed by atoms with Crippen molar-refractivity contribution < 1.29 is 18.8 Å². The lowest BCUT2D eigenvalue weighted by atomic mass is 9.97. The van der Waals surface area contributed by atoms with Gasteiger partial charge in [0.2, 0.25) is 15.9 Å². The molecular formula is C22H23N5O4S. The van der Waals surface area contributed by atoms with E-state index in [1.807, 2.05) is 19.1 Å². The first-order chi connectivity index (χ1) is 15.5. The molecule has 1 saturated heterocycles. The molecule has 0 aliphatic carbocycles. The molecule has 10 heteroatoms. The molecule has 32 heavy (non-hydrogen) atoms. The van der Waals surface area contributed by atoms with Crippen LogP contribution in [0.2, 0.25) is 0 Å². The smallest absolute Gasteiger partial charge is 0.286 e. The number of piperidine rings is 1. The number of rotatable bonds is 6. The SMILES string of the molecule is Cc1ccc(NC(=O)c2nnc(C(=O)N3CCC[C@@H](C(=O)NCc4ccco4)C3)s2)cc1. The fraction of sp³-hybridized carbons (Fsp3) is 0.318. The molecule has 2 aromatic heterocycles. The van der Waals surface area contributed by atoms with Crippen LogP contribution in [0.4, 0.5) is 5.69 Å². The van der Waals surface area contributed by atoms with Gasteiger partial charge in [0.15, 0.2) is 0 Å². The lowest BCUT2D eigenvalue weighted by Crippen LogP contribution is -2.45. The maximum Gasteiger partial charge on any atom is 0.286 e. The minimum Gasteiger partial charge on any atom is -0.467 e. The van der Waals surface area contributed by atoms with E-state index in [1.54, 1.807) is 35.4 Å². The van der Waals surface area contributed by atoms with Crippen LogP contribution in [0.15, 0.2) is 47.1 Å². The maximum atomic E-state index is 12.9. The number of nitrogens with zero attached hydrogens (tertiary/aromatic N) is 3. The molecule has 2 N–H and O–H groups in total. The number of carbonyl (C=O) groups excluding carboxylic acids is 3. The summed E-state index contributed by atoms with van der Waals surface area (Å²) in [7, 11) is 0. The Morgan fingerprint density at radius 2 is 1.94 bits per heavy atom. The number of hydrogen-bond acceptors (Lipinski definition) is 7. The molecular weight excluding hydrogens is 430 g/mol. The van der Waals surface area contributed by atoms with Gasteiger partial charge >= 0.3 is 0 Å². The highest BCUT2D eigenvalue weighted by atomic mass is 32.1. The van der Waals surface area contributed by atoms with Crippen LogP contribution < -0.4 is 10.6 Å². The van der Waals surface area contributed by atoms with Crippen molar-refractivity contribution in [2.24, 2.45) is 5.92 Å². The Kier molecular flexibility index (Phi) is 6.60. The van der Waals surface area contributed by atoms with Crippen LogP contribution in [0, 0.1) is 12.8 Å². The molecule has 3 heterocycles. The number of nitrogens with one attached hydrogen (secondary N) is 2. The molecule has 0 radical (unpaired) electrons. The topological polar surface area (TPSA) is 117 Å². The monoisotopic (exact) mass is 453 g/mol. The molecule has 0 unspecified atom stereocenters. The van der Waals surface area contributed by atoms with Gasteiger partial charge in [0.05, 0.1) is 18.7 Å². The zero-order valence-corrected chi connectivity index (χ0v) is 18.4. The summed E-state index contributed by atoms with van der Waals surface area (Å²) in [5.74, 6) is -0.485. The van der Waals surface area contributed by atoms with Crippen molar-refractivity contribution in [1.29, 1.82) is 0 Å². The Bertz CT molecular complexity index is 1090. The van der Waals surface area contributed by atoms with Gasteiger partial charge in [-0.15, -0.1) is 10.2 Å². The van der Waals surface area contributed by atoms with Gasteiger partial charge in [0.1, 0.15) is 5.76 Å². The molecule has 1 aliphatic rings. The Hall–Kier alpha value is -3.53. The Labute approximate surface area is 188 Å². The summed E-state index contributed by atoms with van der Waals surface area (Å²) in [5.41, 5.74) is 1.73. The summed E-state index contributed by atoms with van der Waals surface area (Å²) >= 11 is 0.945. The van der Waals surface area contributed by atoms with Gasteiger partial charge in [-0.1, -0.05) is 29.0 Å². The molecule has 3 aromatic rings. The van der Waals surface area contributed by atoms with Gasteiger partial charge in [-0.2, -0.15) is 0 Å². The molecule has 4 rings (SSSR count). The minimum atomic E-state index is -0.417. The number of anilines is 1. The average Bonchev–Trinajstić information content (AvgIpc) is 3.51. The lowest BCUT2D eigenvalue weighted by molar-refractivity contribution is -0.126. The molecule has 0 bridgehead atoms. The van der Waals surface area contributed by atoms with Gasteiger partial charge in [0.25, 0.3) is 11.8 Å². The second-order valence-electron chi connectivity index (χ2n) is 7.62. The van der Waals surface area contributed by atoms with Crippen LogP contribution in [0.25, 0.3) is 0 Å². The molecule has 3 amide bonds. The fourth-order valence-electron chi connectivity index (χ4n) is 3.47. The Balaban J connectivity index is 1.34. The molecule has 1 atom stereocenters. The first kappa shape index (κ1) is 21.7. The lowest BCUT2D eigenvalue weighted by Gasteiger charge is -2.31. The second-order valence-corrected chi connectivity index (χ2v) is 8.60. The third kappa shape index (κ3) is 5.20. The van der Waals surface area contributed by atoms with Crippen LogP contribution in [-0.2, 0) is 11.3 Å². The predicted octanol–water partition coefficient (Wildman–Crippen LogP) is 2.86. The van der Waals surface area contributed by atoms with Crippen LogP contribution >= 0.6 is 11.3 Å². The third-order valence-corrected chi connectivity index (χ3v) is 6.12. The number of benzene rings is 1. The van der Waals surface area contributed by atoms with Gasteiger partial charge in [0, 0.05) is 18.8 Å². The van der Waals surface area contributed by atoms with E-state index in [2.05, 4.69) is 20.8 Å². The summed E-state index contributed by atoms with van der Waals surface area (Å²) < 4.78 is 5.23. The molecule has 1 aliphatic heterocycles. The first-order valence-corrected chi connectivity index (χ1v) is 11.1. The van der Waals surface area contributed by atoms with Gasteiger partial charge in [-0.25, -0.2) is 0 Å². The number of aryl methyl sites for hydroxylation is 1. The molecule has 1 aromatic carbocycles. The number of aromatic nitrogens is 2. The molecule has 0 spiro atoms. The average molecular weight is 454 g/mol. The summed E-state index contributed by atoms with van der Waals surface area (Å²) in [5, 5.41) is 13.6. The standard InChI is InChI=1S/C22H23N5O4S/c1-14-6-8-16(9-7-14)24-19(29)20-25-26-21(32-20)22(30)27-10-2-4-15(13-27)18(28)23-12-17-5-3-11-31-17/h3,5-9,11,15H,2,4,10,12-13H2,1H3,(H,23,28)(H,24,29)/t15-/m1/s1. The molecule has 0 saturated carbocycles. The summed E-state index contributed by atoms with van der Waals surface area (Å²) in [6, 6.07) is 10.9. The van der Waals surface area contributed by atoms with E-state index in [4.69, 9.17) is 4.42 Å². The highest BCUT2D eigenvalue weighted by Crippen LogP contribution is 2.21. The van der Waals surface area contributed by atoms with Gasteiger partial charge in [-0.05, 0) is 44.0 Å². The number of likely N-dealkylation sites (tertiary alicyclic amines) is 1. The Morgan fingerprint density at radius 3 is 2.69 bits per heavy atom. The molecule has 9 nitrogen and oxygen atoms in total. The summed E-state index contributed by atoms with van der Waals surface area (Å²) in [6.07, 6.45) is 2.97. The number of amides is 3. The second kappa shape index (κ2) is 9.73. The predicted molar refractivity (Wildman–Crippen MR) is 118 cm³/mol. The van der Waals surface area contributed by atoms with Crippen LogP contribution in [0.1, 0.15) is 43.8 Å². The van der Waals surface area contributed by atoms with E-state index >= 15 is 0 Å². The number of furan rings is 1. The number of hydrogen-bond donors (Lipinski definition) is 2. The highest BCUT2D eigenvalue weighted by Gasteiger charge is 2.31. The highest BCUT2D eigenvalue weighted by molar-refractivity contribution is 7.15. The zero-order chi connectivity index (χ0) is 22.5. The van der Waals surface area contributed by atoms with Crippen molar-refractivity contribution in [2.75, 3.05) is 18.4 Å². The third-order valence-electron chi connectivity index (χ3n) is 5.21. The van der Waals surface area contributed by atoms with Crippen molar-refractivity contribution >= 4 is 34.7 Å². The van der Waals surface area contributed by atoms with Crippen molar-refractivity contribution in [2.45, 2.75) is 26.3 Å².